The highest BCUT2D eigenvalue weighted by molar-refractivity contribution is 5.55. The smallest absolute Gasteiger partial charge is 0.137 e. The van der Waals surface area contributed by atoms with E-state index in [4.69, 9.17) is 4.98 Å². The molecule has 3 aromatic heterocycles. The molecule has 11 heteroatoms. The average Bonchev–Trinajstić information content (AvgIpc) is 3.48. The fraction of sp³-hybridized carbons (Fsp3) is 0.318. The molecule has 170 valence electrons. The number of imidazole rings is 1. The van der Waals surface area contributed by atoms with E-state index in [1.54, 1.807) is 12.4 Å². The Kier molecular flexibility index (Phi) is 5.43. The molecule has 1 N–H and O–H groups in total. The van der Waals surface area contributed by atoms with Crippen molar-refractivity contribution < 1.29 is 13.9 Å². The first-order valence-corrected chi connectivity index (χ1v) is 10.5. The Hall–Kier alpha value is -3.57. The van der Waals surface area contributed by atoms with E-state index in [1.807, 2.05) is 18.0 Å². The molecule has 0 saturated carbocycles. The Morgan fingerprint density at radius 3 is 2.67 bits per heavy atom. The van der Waals surface area contributed by atoms with Gasteiger partial charge in [0.05, 0.1) is 18.8 Å². The van der Waals surface area contributed by atoms with E-state index in [1.165, 1.54) is 29.7 Å². The largest absolute Gasteiger partial charge is 0.381 e. The summed E-state index contributed by atoms with van der Waals surface area (Å²) in [5.74, 6) is -0.701. The van der Waals surface area contributed by atoms with E-state index in [0.29, 0.717) is 19.6 Å². The summed E-state index contributed by atoms with van der Waals surface area (Å²) in [6.07, 6.45) is 9.63. The van der Waals surface area contributed by atoms with Crippen LogP contribution in [-0.2, 0) is 25.2 Å². The number of aromatic nitrogens is 7. The minimum atomic E-state index is -1.70. The van der Waals surface area contributed by atoms with Crippen molar-refractivity contribution >= 4 is 0 Å². The van der Waals surface area contributed by atoms with E-state index in [-0.39, 0.29) is 12.1 Å². The van der Waals surface area contributed by atoms with Gasteiger partial charge in [0.2, 0.25) is 0 Å². The summed E-state index contributed by atoms with van der Waals surface area (Å²) >= 11 is 0. The van der Waals surface area contributed by atoms with Crippen molar-refractivity contribution in [3.63, 3.8) is 0 Å². The van der Waals surface area contributed by atoms with Gasteiger partial charge in [-0.15, -0.1) is 0 Å². The maximum atomic E-state index is 14.8. The number of nitrogens with zero attached hydrogens (tertiary/aromatic N) is 8. The fourth-order valence-electron chi connectivity index (χ4n) is 4.32. The Morgan fingerprint density at radius 1 is 1.12 bits per heavy atom. The first kappa shape index (κ1) is 21.3. The number of benzene rings is 1. The van der Waals surface area contributed by atoms with Crippen molar-refractivity contribution in [1.29, 1.82) is 0 Å². The summed E-state index contributed by atoms with van der Waals surface area (Å²) < 4.78 is 31.9. The highest BCUT2D eigenvalue weighted by Gasteiger charge is 2.43. The van der Waals surface area contributed by atoms with Gasteiger partial charge < -0.3 is 9.67 Å². The molecule has 1 aromatic carbocycles. The van der Waals surface area contributed by atoms with Crippen molar-refractivity contribution in [1.82, 2.24) is 39.2 Å². The van der Waals surface area contributed by atoms with Gasteiger partial charge in [0, 0.05) is 54.9 Å². The molecule has 0 radical (unpaired) electrons. The quantitative estimate of drug-likeness (QED) is 0.478. The molecule has 0 aliphatic carbocycles. The second-order valence-corrected chi connectivity index (χ2v) is 8.15. The van der Waals surface area contributed by atoms with E-state index in [2.05, 4.69) is 24.6 Å². The number of hydrogen-bond donors (Lipinski definition) is 1. The molecule has 2 unspecified atom stereocenters. The first-order chi connectivity index (χ1) is 15.9. The Morgan fingerprint density at radius 2 is 1.94 bits per heavy atom. The lowest BCUT2D eigenvalue weighted by Crippen LogP contribution is -2.53. The molecule has 9 nitrogen and oxygen atoms in total. The molecule has 0 saturated heterocycles. The standard InChI is InChI=1S/C22H22F2N8O/c1-15(22(33,11-32-14-27-13-28-32)18-3-2-17(23)6-19(18)24)30-4-5-31-9-20(29-21(31)10-30)16-7-25-12-26-8-16/h2-3,6-9,12-15,33H,4-5,10-11H2,1H3. The van der Waals surface area contributed by atoms with E-state index in [9.17, 15) is 13.9 Å². The van der Waals surface area contributed by atoms with Crippen LogP contribution in [0.3, 0.4) is 0 Å². The highest BCUT2D eigenvalue weighted by Crippen LogP contribution is 2.34. The number of fused-ring (bicyclic) bond motifs is 1. The number of rotatable bonds is 6. The van der Waals surface area contributed by atoms with Crippen molar-refractivity contribution in [2.45, 2.75) is 38.2 Å². The number of halogens is 2. The first-order valence-electron chi connectivity index (χ1n) is 10.5. The van der Waals surface area contributed by atoms with Crippen LogP contribution < -0.4 is 0 Å². The maximum absolute atomic E-state index is 14.8. The van der Waals surface area contributed by atoms with Crippen LogP contribution in [-0.4, -0.2) is 56.9 Å². The zero-order chi connectivity index (χ0) is 23.0. The SMILES string of the molecule is CC(N1CCn2cc(-c3cncnc3)nc2C1)C(O)(Cn1cncn1)c1ccc(F)cc1F. The van der Waals surface area contributed by atoms with Crippen LogP contribution in [0.2, 0.25) is 0 Å². The van der Waals surface area contributed by atoms with Crippen LogP contribution in [0.15, 0.2) is 55.8 Å². The predicted octanol–water partition coefficient (Wildman–Crippen LogP) is 2.00. The average molecular weight is 452 g/mol. The van der Waals surface area contributed by atoms with Crippen LogP contribution in [0.1, 0.15) is 18.3 Å². The maximum Gasteiger partial charge on any atom is 0.137 e. The number of hydrogen-bond acceptors (Lipinski definition) is 7. The van der Waals surface area contributed by atoms with Gasteiger partial charge in [-0.25, -0.2) is 33.4 Å². The van der Waals surface area contributed by atoms with Gasteiger partial charge in [-0.05, 0) is 13.0 Å². The molecular weight excluding hydrogens is 430 g/mol. The monoisotopic (exact) mass is 452 g/mol. The van der Waals surface area contributed by atoms with Crippen LogP contribution in [0.5, 0.6) is 0 Å². The highest BCUT2D eigenvalue weighted by atomic mass is 19.1. The van der Waals surface area contributed by atoms with E-state index >= 15 is 0 Å². The Labute approximate surface area is 188 Å². The molecule has 0 fully saturated rings. The Bertz CT molecular complexity index is 1250. The summed E-state index contributed by atoms with van der Waals surface area (Å²) in [5, 5.41) is 15.9. The summed E-state index contributed by atoms with van der Waals surface area (Å²) in [4.78, 5) is 18.8. The summed E-state index contributed by atoms with van der Waals surface area (Å²) in [7, 11) is 0. The molecule has 33 heavy (non-hydrogen) atoms. The Balaban J connectivity index is 1.46. The van der Waals surface area contributed by atoms with Crippen LogP contribution in [0, 0.1) is 11.6 Å². The van der Waals surface area contributed by atoms with Crippen molar-refractivity contribution in [3.05, 3.63) is 78.8 Å². The minimum Gasteiger partial charge on any atom is -0.381 e. The molecule has 4 aromatic rings. The van der Waals surface area contributed by atoms with Gasteiger partial charge in [-0.1, -0.05) is 6.07 Å². The van der Waals surface area contributed by atoms with E-state index in [0.717, 1.165) is 29.2 Å². The molecule has 1 aliphatic heterocycles. The summed E-state index contributed by atoms with van der Waals surface area (Å²) in [6, 6.07) is 2.67. The molecule has 0 spiro atoms. The lowest BCUT2D eigenvalue weighted by molar-refractivity contribution is -0.0709. The molecule has 4 heterocycles. The topological polar surface area (TPSA) is 97.8 Å². The molecule has 5 rings (SSSR count). The van der Waals surface area contributed by atoms with Crippen LogP contribution in [0.25, 0.3) is 11.3 Å². The zero-order valence-electron chi connectivity index (χ0n) is 17.9. The third kappa shape index (κ3) is 4.00. The van der Waals surface area contributed by atoms with Gasteiger partial charge in [-0.2, -0.15) is 5.10 Å². The molecule has 1 aliphatic rings. The normalized spacial score (nSPS) is 16.8. The van der Waals surface area contributed by atoms with Crippen molar-refractivity contribution in [2.75, 3.05) is 6.54 Å². The van der Waals surface area contributed by atoms with Gasteiger partial charge in [0.25, 0.3) is 0 Å². The van der Waals surface area contributed by atoms with Crippen molar-refractivity contribution in [3.8, 4) is 11.3 Å². The minimum absolute atomic E-state index is 0.00272. The van der Waals surface area contributed by atoms with Gasteiger partial charge in [0.15, 0.2) is 0 Å². The second kappa shape index (κ2) is 8.41. The fourth-order valence-corrected chi connectivity index (χ4v) is 4.32. The van der Waals surface area contributed by atoms with Gasteiger partial charge >= 0.3 is 0 Å². The van der Waals surface area contributed by atoms with Gasteiger partial charge in [0.1, 0.15) is 42.0 Å². The molecular formula is C22H22F2N8O. The lowest BCUT2D eigenvalue weighted by atomic mass is 9.85. The zero-order valence-corrected chi connectivity index (χ0v) is 17.9. The number of aliphatic hydroxyl groups is 1. The predicted molar refractivity (Wildman–Crippen MR) is 113 cm³/mol. The van der Waals surface area contributed by atoms with Crippen LogP contribution in [0.4, 0.5) is 8.78 Å². The third-order valence-corrected chi connectivity index (χ3v) is 6.19. The third-order valence-electron chi connectivity index (χ3n) is 6.19. The second-order valence-electron chi connectivity index (χ2n) is 8.15. The lowest BCUT2D eigenvalue weighted by Gasteiger charge is -2.42. The molecule has 0 bridgehead atoms. The summed E-state index contributed by atoms with van der Waals surface area (Å²) in [6.45, 7) is 3.47. The summed E-state index contributed by atoms with van der Waals surface area (Å²) in [5.41, 5.74) is -0.114. The molecule has 0 amide bonds. The van der Waals surface area contributed by atoms with Crippen LogP contribution >= 0.6 is 0 Å². The van der Waals surface area contributed by atoms with Gasteiger partial charge in [-0.3, -0.25) is 4.90 Å². The van der Waals surface area contributed by atoms with E-state index < -0.39 is 23.3 Å². The van der Waals surface area contributed by atoms with Crippen molar-refractivity contribution in [2.24, 2.45) is 0 Å². The molecule has 2 atom stereocenters.